The van der Waals surface area contributed by atoms with Gasteiger partial charge in [-0.1, -0.05) is 27.7 Å². The summed E-state index contributed by atoms with van der Waals surface area (Å²) in [5, 5.41) is 30.9. The van der Waals surface area contributed by atoms with E-state index in [9.17, 15) is 34.2 Å². The molecule has 0 radical (unpaired) electrons. The topological polar surface area (TPSA) is 222 Å². The zero-order chi connectivity index (χ0) is 46.7. The van der Waals surface area contributed by atoms with E-state index in [1.54, 1.807) is 72.2 Å². The van der Waals surface area contributed by atoms with E-state index in [0.717, 1.165) is 43.1 Å². The molecule has 3 aromatic rings. The molecule has 2 aromatic carbocycles. The molecule has 63 heavy (non-hydrogen) atoms. The fourth-order valence-corrected chi connectivity index (χ4v) is 6.09. The molecule has 1 fully saturated rings. The van der Waals surface area contributed by atoms with Crippen molar-refractivity contribution in [3.8, 4) is 11.5 Å². The quantitative estimate of drug-likeness (QED) is 0.0387. The van der Waals surface area contributed by atoms with Gasteiger partial charge in [-0.3, -0.25) is 19.4 Å². The third-order valence-corrected chi connectivity index (χ3v) is 9.50. The summed E-state index contributed by atoms with van der Waals surface area (Å²) in [5.74, 6) is 1.10. The van der Waals surface area contributed by atoms with E-state index in [2.05, 4.69) is 26.3 Å². The molecule has 0 spiro atoms. The van der Waals surface area contributed by atoms with Gasteiger partial charge >= 0.3 is 0 Å². The summed E-state index contributed by atoms with van der Waals surface area (Å²) in [4.78, 5) is 61.8. The van der Waals surface area contributed by atoms with Crippen LogP contribution in [0.5, 0.6) is 11.5 Å². The number of unbranched alkanes of at least 4 members (excludes halogenated alkanes) is 1. The van der Waals surface area contributed by atoms with E-state index >= 15 is 0 Å². The normalized spacial score (nSPS) is 16.1. The number of nitrogens with one attached hydrogen (secondary N) is 4. The molecular weight excluding hydrogens is 811 g/mol. The first-order valence-corrected chi connectivity index (χ1v) is 21.5. The van der Waals surface area contributed by atoms with Crippen LogP contribution in [0.3, 0.4) is 0 Å². The molecule has 17 nitrogen and oxygen atoms in total. The maximum Gasteiger partial charge on any atom is 0.272 e. The molecule has 1 saturated heterocycles. The van der Waals surface area contributed by atoms with Crippen molar-refractivity contribution in [3.05, 3.63) is 59.9 Å². The Balaban J connectivity index is 0.000000404. The molecule has 4 atom stereocenters. The highest BCUT2D eigenvalue weighted by Crippen LogP contribution is 2.37. The number of aliphatic imine (C=N–C) groups is 1. The van der Waals surface area contributed by atoms with Gasteiger partial charge in [0.05, 0.1) is 49.4 Å². The van der Waals surface area contributed by atoms with E-state index in [1.807, 2.05) is 47.9 Å². The summed E-state index contributed by atoms with van der Waals surface area (Å²) in [6.45, 7) is 11.0. The summed E-state index contributed by atoms with van der Waals surface area (Å²) in [7, 11) is 5.33. The van der Waals surface area contributed by atoms with E-state index in [1.165, 1.54) is 0 Å². The number of hydrogen-bond acceptors (Lipinski definition) is 13. The largest absolute Gasteiger partial charge is 0.490 e. The molecule has 1 aliphatic heterocycles. The number of hydrogen-bond donors (Lipinski definition) is 6. The van der Waals surface area contributed by atoms with E-state index in [-0.39, 0.29) is 37.4 Å². The maximum atomic E-state index is 12.3. The number of rotatable bonds is 23. The fraction of sp³-hybridized carbons (Fsp3) is 0.522. The number of nitrogens with zero attached hydrogens (tertiary/aromatic N) is 3. The van der Waals surface area contributed by atoms with Crippen molar-refractivity contribution in [2.45, 2.75) is 104 Å². The van der Waals surface area contributed by atoms with Crippen LogP contribution in [0.1, 0.15) is 88.7 Å². The predicted molar refractivity (Wildman–Crippen MR) is 246 cm³/mol. The number of carbonyl (C=O) groups excluding carboxylic acids is 5. The van der Waals surface area contributed by atoms with Gasteiger partial charge in [0.1, 0.15) is 18.3 Å². The third kappa shape index (κ3) is 19.5. The second kappa shape index (κ2) is 29.6. The molecule has 0 bridgehead atoms. The molecule has 0 aliphatic carbocycles. The minimum Gasteiger partial charge on any atom is -0.490 e. The van der Waals surface area contributed by atoms with Crippen molar-refractivity contribution in [2.24, 2.45) is 18.0 Å². The van der Waals surface area contributed by atoms with Crippen LogP contribution in [0.4, 0.5) is 22.7 Å². The average Bonchev–Trinajstić information content (AvgIpc) is 3.64. The third-order valence-electron chi connectivity index (χ3n) is 9.50. The molecule has 6 N–H and O–H groups in total. The van der Waals surface area contributed by atoms with E-state index in [4.69, 9.17) is 14.2 Å². The van der Waals surface area contributed by atoms with Crippen molar-refractivity contribution in [3.63, 3.8) is 0 Å². The number of likely N-dealkylation sites (N-methyl/N-ethyl adjacent to an activating group) is 1. The first-order valence-electron chi connectivity index (χ1n) is 21.5. The summed E-state index contributed by atoms with van der Waals surface area (Å²) >= 11 is 0. The number of aryl methyl sites for hydroxylation is 2. The van der Waals surface area contributed by atoms with Crippen molar-refractivity contribution >= 4 is 59.8 Å². The second-order valence-corrected chi connectivity index (χ2v) is 15.3. The molecule has 2 heterocycles. The lowest BCUT2D eigenvalue weighted by atomic mass is 10.1. The van der Waals surface area contributed by atoms with Crippen molar-refractivity contribution in [1.82, 2.24) is 14.8 Å². The van der Waals surface area contributed by atoms with Crippen molar-refractivity contribution in [2.75, 3.05) is 56.3 Å². The number of aliphatic hydroxyl groups is 2. The summed E-state index contributed by atoms with van der Waals surface area (Å²) < 4.78 is 19.4. The van der Waals surface area contributed by atoms with Crippen LogP contribution < -0.4 is 30.7 Å². The highest BCUT2D eigenvalue weighted by molar-refractivity contribution is 6.04. The SMILES string of the molecule is CC(C)CC=O.CCCN(C=O)[C@H](C=Nc1cc(OCCCC=O)c(O[C@H]2C[C@@H](O)C[C@@H](CO)O2)cc1C)CC.CNCC(=O)Nc1ccc(NC(=O)c2cc(NC)cn2C)cc1. The summed E-state index contributed by atoms with van der Waals surface area (Å²) in [6.07, 6.45) is 8.28. The second-order valence-electron chi connectivity index (χ2n) is 15.3. The van der Waals surface area contributed by atoms with Gasteiger partial charge in [0, 0.05) is 76.2 Å². The lowest BCUT2D eigenvalue weighted by Crippen LogP contribution is -2.40. The highest BCUT2D eigenvalue weighted by Gasteiger charge is 2.30. The van der Waals surface area contributed by atoms with Gasteiger partial charge in [0.25, 0.3) is 5.91 Å². The Morgan fingerprint density at radius 3 is 2.24 bits per heavy atom. The Kier molecular flexibility index (Phi) is 25.2. The summed E-state index contributed by atoms with van der Waals surface area (Å²) in [6, 6.07) is 12.2. The Morgan fingerprint density at radius 2 is 1.70 bits per heavy atom. The van der Waals surface area contributed by atoms with Crippen LogP contribution in [-0.2, 0) is 31.0 Å². The van der Waals surface area contributed by atoms with Gasteiger partial charge in [-0.15, -0.1) is 0 Å². The highest BCUT2D eigenvalue weighted by atomic mass is 16.7. The van der Waals surface area contributed by atoms with Crippen LogP contribution in [0.2, 0.25) is 0 Å². The zero-order valence-electron chi connectivity index (χ0n) is 38.1. The number of aldehydes is 2. The molecule has 348 valence electrons. The van der Waals surface area contributed by atoms with Gasteiger partial charge in [-0.2, -0.15) is 0 Å². The van der Waals surface area contributed by atoms with Gasteiger partial charge in [-0.05, 0) is 81.1 Å². The predicted octanol–water partition coefficient (Wildman–Crippen LogP) is 5.65. The standard InChI is InChI=1S/C25H38N2O7.C16H21N5O2.C5H10O/c1-4-8-27(17-30)19(5-2)15-26-22-14-23(32-10-7-6-9-28)24(11-18(22)3)34-25-13-20(31)12-21(16-29)33-25;1-17-9-15(22)19-11-4-6-12(7-5-11)20-16(23)14-8-13(18-2)10-21(14)3;1-5(2)3-4-6/h9,11,14-15,17,19-21,25,29,31H,4-8,10,12-13,16H2,1-3H3;4-8,10,17-18H,9H2,1-3H3,(H,19,22)(H,20,23);4-5H,3H2,1-2H3/t19-,20-,21-,25-;;/m0../s1. The van der Waals surface area contributed by atoms with Crippen LogP contribution >= 0.6 is 0 Å². The fourth-order valence-electron chi connectivity index (χ4n) is 6.09. The van der Waals surface area contributed by atoms with Crippen LogP contribution in [0.25, 0.3) is 0 Å². The van der Waals surface area contributed by atoms with Gasteiger partial charge in [-0.25, -0.2) is 0 Å². The molecule has 4 rings (SSSR count). The van der Waals surface area contributed by atoms with Crippen LogP contribution in [0.15, 0.2) is 53.7 Å². The van der Waals surface area contributed by atoms with Crippen LogP contribution in [-0.4, -0.2) is 122 Å². The molecule has 17 heteroatoms. The monoisotopic (exact) mass is 880 g/mol. The lowest BCUT2D eigenvalue weighted by Gasteiger charge is -2.32. The number of anilines is 3. The molecule has 0 unspecified atom stereocenters. The first-order chi connectivity index (χ1) is 30.2. The van der Waals surface area contributed by atoms with Gasteiger partial charge in [0.2, 0.25) is 18.6 Å². The zero-order valence-corrected chi connectivity index (χ0v) is 38.1. The summed E-state index contributed by atoms with van der Waals surface area (Å²) in [5.41, 5.74) is 4.29. The Labute approximate surface area is 372 Å². The lowest BCUT2D eigenvalue weighted by molar-refractivity contribution is -0.185. The number of aromatic nitrogens is 1. The molecule has 3 amide bonds. The van der Waals surface area contributed by atoms with E-state index in [0.29, 0.717) is 79.0 Å². The molecule has 1 aromatic heterocycles. The number of ether oxygens (including phenoxy) is 3. The van der Waals surface area contributed by atoms with Gasteiger partial charge in [0.15, 0.2) is 11.5 Å². The van der Waals surface area contributed by atoms with E-state index < -0.39 is 18.5 Å². The van der Waals surface area contributed by atoms with Crippen molar-refractivity contribution in [1.29, 1.82) is 0 Å². The Morgan fingerprint density at radius 1 is 1.00 bits per heavy atom. The average molecular weight is 880 g/mol. The first kappa shape index (κ1) is 53.5. The molecular formula is C46H69N7O10. The van der Waals surface area contributed by atoms with Crippen molar-refractivity contribution < 1.29 is 48.4 Å². The number of aliphatic hydroxyl groups excluding tert-OH is 2. The number of amides is 3. The smallest absolute Gasteiger partial charge is 0.272 e. The number of benzene rings is 2. The minimum absolute atomic E-state index is 0.114. The molecule has 0 saturated carbocycles. The Bertz CT molecular complexity index is 1870. The Hall–Kier alpha value is -5.62. The minimum atomic E-state index is -0.730. The maximum absolute atomic E-state index is 12.3. The molecule has 1 aliphatic rings. The van der Waals surface area contributed by atoms with Gasteiger partial charge < -0.3 is 64.7 Å². The van der Waals surface area contributed by atoms with Crippen LogP contribution in [0, 0.1) is 12.8 Å². The number of carbonyl (C=O) groups is 5.